The van der Waals surface area contributed by atoms with Gasteiger partial charge in [-0.25, -0.2) is 0 Å². The van der Waals surface area contributed by atoms with Crippen molar-refractivity contribution in [2.24, 2.45) is 16.5 Å². The van der Waals surface area contributed by atoms with Crippen LogP contribution in [0.3, 0.4) is 0 Å². The first-order valence-corrected chi connectivity index (χ1v) is 9.75. The van der Waals surface area contributed by atoms with Gasteiger partial charge in [0.25, 0.3) is 5.91 Å². The number of nitrogens with two attached hydrogens (primary N) is 2. The van der Waals surface area contributed by atoms with Crippen LogP contribution < -0.4 is 16.4 Å². The molecule has 0 saturated heterocycles. The number of fused-ring (bicyclic) bond motifs is 1. The standard InChI is InChI=1S/C20H29N5O4/c1-24-16-8-7-14(6-4-2-3-5-10-23-20(21)22)12-15(16)19(29)25(13-17(24)26)11-9-18(27)28/h7-8,12H,2-6,9-11,13H2,1H3,(H,27,28)(H4,21,22,23). The molecule has 0 atom stereocenters. The summed E-state index contributed by atoms with van der Waals surface area (Å²) in [6.07, 6.45) is 4.54. The van der Waals surface area contributed by atoms with Gasteiger partial charge in [-0.05, 0) is 37.0 Å². The third-order valence-corrected chi connectivity index (χ3v) is 4.90. The fraction of sp³-hybridized carbons (Fsp3) is 0.500. The molecular formula is C20H29N5O4. The summed E-state index contributed by atoms with van der Waals surface area (Å²) in [6, 6.07) is 5.54. The van der Waals surface area contributed by atoms with Gasteiger partial charge in [0.2, 0.25) is 5.91 Å². The van der Waals surface area contributed by atoms with E-state index in [4.69, 9.17) is 16.6 Å². The van der Waals surface area contributed by atoms with Crippen molar-refractivity contribution in [3.8, 4) is 0 Å². The Morgan fingerprint density at radius 2 is 1.90 bits per heavy atom. The number of anilines is 1. The summed E-state index contributed by atoms with van der Waals surface area (Å²) in [7, 11) is 1.63. The van der Waals surface area contributed by atoms with Crippen molar-refractivity contribution in [2.75, 3.05) is 31.6 Å². The van der Waals surface area contributed by atoms with E-state index in [9.17, 15) is 14.4 Å². The van der Waals surface area contributed by atoms with Gasteiger partial charge in [-0.3, -0.25) is 19.4 Å². The Balaban J connectivity index is 2.02. The lowest BCUT2D eigenvalue weighted by molar-refractivity contribution is -0.137. The smallest absolute Gasteiger partial charge is 0.305 e. The summed E-state index contributed by atoms with van der Waals surface area (Å²) >= 11 is 0. The van der Waals surface area contributed by atoms with Crippen LogP contribution in [-0.2, 0) is 16.0 Å². The Bertz CT molecular complexity index is 789. The van der Waals surface area contributed by atoms with Crippen LogP contribution in [0.2, 0.25) is 0 Å². The average Bonchev–Trinajstić information content (AvgIpc) is 2.76. The van der Waals surface area contributed by atoms with Gasteiger partial charge in [-0.2, -0.15) is 0 Å². The first-order chi connectivity index (χ1) is 13.8. The summed E-state index contributed by atoms with van der Waals surface area (Å²) in [5, 5.41) is 8.91. The molecule has 9 heteroatoms. The molecule has 1 aliphatic heterocycles. The molecular weight excluding hydrogens is 374 g/mol. The van der Waals surface area contributed by atoms with Gasteiger partial charge in [0.05, 0.1) is 17.7 Å². The molecule has 1 aliphatic rings. The van der Waals surface area contributed by atoms with Gasteiger partial charge in [0.15, 0.2) is 5.96 Å². The van der Waals surface area contributed by atoms with E-state index < -0.39 is 5.97 Å². The van der Waals surface area contributed by atoms with Crippen LogP contribution in [0.5, 0.6) is 0 Å². The average molecular weight is 403 g/mol. The predicted molar refractivity (Wildman–Crippen MR) is 111 cm³/mol. The number of carboxylic acids is 1. The largest absolute Gasteiger partial charge is 0.481 e. The Kier molecular flexibility index (Phi) is 7.99. The number of aliphatic imine (C=N–C) groups is 1. The number of amides is 2. The molecule has 0 fully saturated rings. The van der Waals surface area contributed by atoms with E-state index in [0.717, 1.165) is 37.7 Å². The van der Waals surface area contributed by atoms with Crippen LogP contribution in [-0.4, -0.2) is 60.4 Å². The number of guanidine groups is 1. The van der Waals surface area contributed by atoms with Crippen LogP contribution in [0.1, 0.15) is 48.0 Å². The van der Waals surface area contributed by atoms with E-state index in [2.05, 4.69) is 4.99 Å². The van der Waals surface area contributed by atoms with Crippen LogP contribution in [0.4, 0.5) is 5.69 Å². The molecule has 0 aromatic heterocycles. The molecule has 158 valence electrons. The number of unbranched alkanes of at least 4 members (excludes halogenated alkanes) is 3. The lowest BCUT2D eigenvalue weighted by atomic mass is 10.0. The predicted octanol–water partition coefficient (Wildman–Crippen LogP) is 0.956. The lowest BCUT2D eigenvalue weighted by Crippen LogP contribution is -2.38. The molecule has 9 nitrogen and oxygen atoms in total. The number of carbonyl (C=O) groups is 3. The zero-order chi connectivity index (χ0) is 21.4. The molecule has 5 N–H and O–H groups in total. The quantitative estimate of drug-likeness (QED) is 0.302. The van der Waals surface area contributed by atoms with Gasteiger partial charge >= 0.3 is 5.97 Å². The maximum atomic E-state index is 12.9. The molecule has 29 heavy (non-hydrogen) atoms. The normalized spacial score (nSPS) is 13.8. The van der Waals surface area contributed by atoms with Crippen molar-refractivity contribution in [1.29, 1.82) is 0 Å². The number of aryl methyl sites for hydroxylation is 1. The fourth-order valence-electron chi connectivity index (χ4n) is 3.26. The number of carbonyl (C=O) groups excluding carboxylic acids is 2. The lowest BCUT2D eigenvalue weighted by Gasteiger charge is -2.19. The van der Waals surface area contributed by atoms with Crippen molar-refractivity contribution in [2.45, 2.75) is 38.5 Å². The van der Waals surface area contributed by atoms with Crippen LogP contribution >= 0.6 is 0 Å². The van der Waals surface area contributed by atoms with Crippen molar-refractivity contribution in [3.63, 3.8) is 0 Å². The van der Waals surface area contributed by atoms with E-state index in [1.807, 2.05) is 12.1 Å². The first-order valence-electron chi connectivity index (χ1n) is 9.75. The highest BCUT2D eigenvalue weighted by molar-refractivity contribution is 6.09. The molecule has 0 radical (unpaired) electrons. The minimum absolute atomic E-state index is 0.00715. The van der Waals surface area contributed by atoms with E-state index >= 15 is 0 Å². The summed E-state index contributed by atoms with van der Waals surface area (Å²) in [6.45, 7) is 0.512. The molecule has 0 spiro atoms. The Hall–Kier alpha value is -3.10. The second-order valence-corrected chi connectivity index (χ2v) is 7.15. The third-order valence-electron chi connectivity index (χ3n) is 4.90. The summed E-state index contributed by atoms with van der Waals surface area (Å²) in [5.74, 6) is -1.44. The second-order valence-electron chi connectivity index (χ2n) is 7.15. The Morgan fingerprint density at radius 1 is 1.17 bits per heavy atom. The van der Waals surface area contributed by atoms with Gasteiger partial charge < -0.3 is 26.4 Å². The zero-order valence-corrected chi connectivity index (χ0v) is 16.8. The minimum atomic E-state index is -1.00. The molecule has 0 bridgehead atoms. The van der Waals surface area contributed by atoms with Crippen LogP contribution in [0, 0.1) is 0 Å². The van der Waals surface area contributed by atoms with Crippen molar-refractivity contribution < 1.29 is 19.5 Å². The highest BCUT2D eigenvalue weighted by atomic mass is 16.4. The number of hydrogen-bond acceptors (Lipinski definition) is 4. The monoisotopic (exact) mass is 403 g/mol. The third kappa shape index (κ3) is 6.48. The maximum Gasteiger partial charge on any atom is 0.305 e. The molecule has 1 aromatic rings. The number of benzene rings is 1. The number of nitrogens with zero attached hydrogens (tertiary/aromatic N) is 3. The molecule has 0 saturated carbocycles. The zero-order valence-electron chi connectivity index (χ0n) is 16.8. The number of aliphatic carboxylic acids is 1. The Morgan fingerprint density at radius 3 is 2.59 bits per heavy atom. The highest BCUT2D eigenvalue weighted by Gasteiger charge is 2.30. The van der Waals surface area contributed by atoms with Crippen LogP contribution in [0.25, 0.3) is 0 Å². The number of rotatable bonds is 10. The second kappa shape index (κ2) is 10.4. The SMILES string of the molecule is CN1C(=O)CN(CCC(=O)O)C(=O)c2cc(CCCCCCN=C(N)N)ccc21. The number of likely N-dealkylation sites (N-methyl/N-ethyl adjacent to an activating group) is 1. The summed E-state index contributed by atoms with van der Waals surface area (Å²) < 4.78 is 0. The number of hydrogen-bond donors (Lipinski definition) is 3. The van der Waals surface area contributed by atoms with E-state index in [-0.39, 0.29) is 37.3 Å². The molecule has 0 unspecified atom stereocenters. The van der Waals surface area contributed by atoms with E-state index in [1.165, 1.54) is 9.80 Å². The van der Waals surface area contributed by atoms with E-state index in [0.29, 0.717) is 17.8 Å². The Labute approximate surface area is 170 Å². The van der Waals surface area contributed by atoms with Gasteiger partial charge in [0, 0.05) is 20.1 Å². The molecule has 2 rings (SSSR count). The van der Waals surface area contributed by atoms with Crippen LogP contribution in [0.15, 0.2) is 23.2 Å². The molecule has 0 aliphatic carbocycles. The minimum Gasteiger partial charge on any atom is -0.481 e. The topological polar surface area (TPSA) is 142 Å². The fourth-order valence-corrected chi connectivity index (χ4v) is 3.26. The highest BCUT2D eigenvalue weighted by Crippen LogP contribution is 2.26. The van der Waals surface area contributed by atoms with Crippen molar-refractivity contribution >= 4 is 29.4 Å². The van der Waals surface area contributed by atoms with Gasteiger partial charge in [-0.15, -0.1) is 0 Å². The maximum absolute atomic E-state index is 12.9. The van der Waals surface area contributed by atoms with Gasteiger partial charge in [0.1, 0.15) is 6.54 Å². The first kappa shape index (κ1) is 22.2. The molecule has 1 aromatic carbocycles. The molecule has 1 heterocycles. The van der Waals surface area contributed by atoms with Crippen molar-refractivity contribution in [3.05, 3.63) is 29.3 Å². The summed E-state index contributed by atoms with van der Waals surface area (Å²) in [5.41, 5.74) is 12.6. The number of carboxylic acid groups (broad SMARTS) is 1. The van der Waals surface area contributed by atoms with Gasteiger partial charge in [-0.1, -0.05) is 18.9 Å². The van der Waals surface area contributed by atoms with E-state index in [1.54, 1.807) is 13.1 Å². The molecule has 2 amide bonds. The summed E-state index contributed by atoms with van der Waals surface area (Å²) in [4.78, 5) is 42.9. The van der Waals surface area contributed by atoms with Crippen molar-refractivity contribution in [1.82, 2.24) is 4.90 Å².